The highest BCUT2D eigenvalue weighted by atomic mass is 19.4. The molecule has 104 valence electrons. The first-order chi connectivity index (χ1) is 8.97. The van der Waals surface area contributed by atoms with E-state index in [4.69, 9.17) is 0 Å². The van der Waals surface area contributed by atoms with E-state index in [1.54, 1.807) is 0 Å². The van der Waals surface area contributed by atoms with Crippen molar-refractivity contribution in [3.63, 3.8) is 0 Å². The van der Waals surface area contributed by atoms with Crippen LogP contribution in [0.5, 0.6) is 0 Å². The number of nitrogens with zero attached hydrogens (tertiary/aromatic N) is 1. The molecular formula is C13H15F3N2O. The van der Waals surface area contributed by atoms with Crippen LogP contribution < -0.4 is 5.32 Å². The van der Waals surface area contributed by atoms with Crippen molar-refractivity contribution < 1.29 is 18.0 Å². The van der Waals surface area contributed by atoms with Gasteiger partial charge in [-0.2, -0.15) is 13.2 Å². The number of amides is 1. The van der Waals surface area contributed by atoms with Gasteiger partial charge in [0.2, 0.25) is 0 Å². The number of aromatic nitrogens is 1. The van der Waals surface area contributed by atoms with Gasteiger partial charge in [-0.3, -0.25) is 9.78 Å². The predicted molar refractivity (Wildman–Crippen MR) is 63.6 cm³/mol. The van der Waals surface area contributed by atoms with Crippen molar-refractivity contribution in [1.82, 2.24) is 10.3 Å². The highest BCUT2D eigenvalue weighted by Gasteiger charge is 2.32. The molecule has 0 radical (unpaired) electrons. The van der Waals surface area contributed by atoms with Crippen LogP contribution >= 0.6 is 0 Å². The summed E-state index contributed by atoms with van der Waals surface area (Å²) in [5.74, 6) is -0.354. The number of carbonyl (C=O) groups excluding carboxylic acids is 1. The van der Waals surface area contributed by atoms with Gasteiger partial charge in [-0.15, -0.1) is 0 Å². The Hall–Kier alpha value is -1.59. The van der Waals surface area contributed by atoms with Gasteiger partial charge in [-0.05, 0) is 25.0 Å². The minimum absolute atomic E-state index is 0.128. The molecule has 2 rings (SSSR count). The fourth-order valence-corrected chi connectivity index (χ4v) is 2.21. The molecular weight excluding hydrogens is 257 g/mol. The molecule has 3 nitrogen and oxygen atoms in total. The average molecular weight is 272 g/mol. The van der Waals surface area contributed by atoms with Gasteiger partial charge >= 0.3 is 6.18 Å². The van der Waals surface area contributed by atoms with Crippen LogP contribution in [0.4, 0.5) is 13.2 Å². The normalized spacial score (nSPS) is 17.2. The number of hydrogen-bond acceptors (Lipinski definition) is 2. The second-order valence-electron chi connectivity index (χ2n) is 4.74. The molecule has 0 aliphatic heterocycles. The Labute approximate surface area is 109 Å². The van der Waals surface area contributed by atoms with E-state index in [0.717, 1.165) is 44.0 Å². The fourth-order valence-electron chi connectivity index (χ4n) is 2.21. The summed E-state index contributed by atoms with van der Waals surface area (Å²) in [5, 5.41) is 2.83. The standard InChI is InChI=1S/C13H15F3N2O/c14-13(15,16)11-7-6-9(8-17-11)12(19)18-10-4-2-1-3-5-10/h6-8,10H,1-5H2,(H,18,19). The van der Waals surface area contributed by atoms with Crippen LogP contribution in [0, 0.1) is 0 Å². The lowest BCUT2D eigenvalue weighted by atomic mass is 9.95. The van der Waals surface area contributed by atoms with Crippen LogP contribution in [0.2, 0.25) is 0 Å². The molecule has 1 aliphatic carbocycles. The average Bonchev–Trinajstić information content (AvgIpc) is 2.39. The van der Waals surface area contributed by atoms with Crippen molar-refractivity contribution in [3.8, 4) is 0 Å². The largest absolute Gasteiger partial charge is 0.433 e. The van der Waals surface area contributed by atoms with Crippen LogP contribution in [0.25, 0.3) is 0 Å². The van der Waals surface area contributed by atoms with E-state index in [2.05, 4.69) is 10.3 Å². The summed E-state index contributed by atoms with van der Waals surface area (Å²) in [4.78, 5) is 15.1. The molecule has 0 bridgehead atoms. The van der Waals surface area contributed by atoms with E-state index in [-0.39, 0.29) is 17.5 Å². The zero-order chi connectivity index (χ0) is 13.9. The quantitative estimate of drug-likeness (QED) is 0.898. The van der Waals surface area contributed by atoms with E-state index in [9.17, 15) is 18.0 Å². The molecule has 1 aliphatic rings. The Morgan fingerprint density at radius 1 is 1.21 bits per heavy atom. The number of halogens is 3. The second kappa shape index (κ2) is 5.59. The Balaban J connectivity index is 1.99. The zero-order valence-electron chi connectivity index (χ0n) is 10.3. The van der Waals surface area contributed by atoms with E-state index < -0.39 is 11.9 Å². The highest BCUT2D eigenvalue weighted by molar-refractivity contribution is 5.94. The van der Waals surface area contributed by atoms with Gasteiger partial charge in [0.05, 0.1) is 5.56 Å². The Morgan fingerprint density at radius 3 is 2.42 bits per heavy atom. The summed E-state index contributed by atoms with van der Waals surface area (Å²) in [7, 11) is 0. The summed E-state index contributed by atoms with van der Waals surface area (Å²) in [6, 6.07) is 2.12. The van der Waals surface area contributed by atoms with Crippen LogP contribution in [-0.4, -0.2) is 16.9 Å². The Kier molecular flexibility index (Phi) is 4.07. The molecule has 0 unspecified atom stereocenters. The summed E-state index contributed by atoms with van der Waals surface area (Å²) in [6.45, 7) is 0. The van der Waals surface area contributed by atoms with Crippen molar-refractivity contribution in [2.45, 2.75) is 44.3 Å². The Morgan fingerprint density at radius 2 is 1.89 bits per heavy atom. The number of rotatable bonds is 2. The maximum Gasteiger partial charge on any atom is 0.433 e. The third-order valence-corrected chi connectivity index (χ3v) is 3.26. The molecule has 1 aromatic heterocycles. The van der Waals surface area contributed by atoms with Gasteiger partial charge in [0.15, 0.2) is 0 Å². The van der Waals surface area contributed by atoms with Crippen molar-refractivity contribution in [3.05, 3.63) is 29.6 Å². The highest BCUT2D eigenvalue weighted by Crippen LogP contribution is 2.27. The van der Waals surface area contributed by atoms with E-state index >= 15 is 0 Å². The van der Waals surface area contributed by atoms with E-state index in [1.165, 1.54) is 6.42 Å². The van der Waals surface area contributed by atoms with Crippen LogP contribution in [0.1, 0.15) is 48.2 Å². The van der Waals surface area contributed by atoms with Gasteiger partial charge < -0.3 is 5.32 Å². The van der Waals surface area contributed by atoms with Crippen molar-refractivity contribution in [2.24, 2.45) is 0 Å². The molecule has 1 fully saturated rings. The molecule has 6 heteroatoms. The van der Waals surface area contributed by atoms with Gasteiger partial charge in [-0.1, -0.05) is 19.3 Å². The smallest absolute Gasteiger partial charge is 0.349 e. The van der Waals surface area contributed by atoms with Crippen molar-refractivity contribution in [2.75, 3.05) is 0 Å². The molecule has 0 atom stereocenters. The molecule has 0 saturated heterocycles. The second-order valence-corrected chi connectivity index (χ2v) is 4.74. The SMILES string of the molecule is O=C(NC1CCCCC1)c1ccc(C(F)(F)F)nc1. The minimum Gasteiger partial charge on any atom is -0.349 e. The molecule has 1 amide bonds. The molecule has 0 spiro atoms. The number of alkyl halides is 3. The van der Waals surface area contributed by atoms with Crippen LogP contribution in [0.15, 0.2) is 18.3 Å². The molecule has 19 heavy (non-hydrogen) atoms. The lowest BCUT2D eigenvalue weighted by molar-refractivity contribution is -0.141. The number of carbonyl (C=O) groups is 1. The third-order valence-electron chi connectivity index (χ3n) is 3.26. The maximum absolute atomic E-state index is 12.3. The van der Waals surface area contributed by atoms with Crippen LogP contribution in [0.3, 0.4) is 0 Å². The van der Waals surface area contributed by atoms with Gasteiger partial charge in [-0.25, -0.2) is 0 Å². The van der Waals surface area contributed by atoms with Crippen molar-refractivity contribution in [1.29, 1.82) is 0 Å². The Bertz CT molecular complexity index is 436. The number of pyridine rings is 1. The topological polar surface area (TPSA) is 42.0 Å². The first-order valence-corrected chi connectivity index (χ1v) is 6.31. The van der Waals surface area contributed by atoms with Crippen molar-refractivity contribution >= 4 is 5.91 Å². The lowest BCUT2D eigenvalue weighted by Crippen LogP contribution is -2.36. The summed E-state index contributed by atoms with van der Waals surface area (Å²) in [5.41, 5.74) is -0.819. The monoisotopic (exact) mass is 272 g/mol. The lowest BCUT2D eigenvalue weighted by Gasteiger charge is -2.22. The molecule has 1 saturated carbocycles. The number of hydrogen-bond donors (Lipinski definition) is 1. The molecule has 1 N–H and O–H groups in total. The first-order valence-electron chi connectivity index (χ1n) is 6.31. The van der Waals surface area contributed by atoms with Gasteiger partial charge in [0, 0.05) is 12.2 Å². The van der Waals surface area contributed by atoms with E-state index in [0.29, 0.717) is 0 Å². The number of nitrogens with one attached hydrogen (secondary N) is 1. The third kappa shape index (κ3) is 3.68. The fraction of sp³-hybridized carbons (Fsp3) is 0.538. The predicted octanol–water partition coefficient (Wildman–Crippen LogP) is 3.16. The summed E-state index contributed by atoms with van der Waals surface area (Å²) >= 11 is 0. The summed E-state index contributed by atoms with van der Waals surface area (Å²) < 4.78 is 37.0. The zero-order valence-corrected chi connectivity index (χ0v) is 10.3. The molecule has 1 heterocycles. The van der Waals surface area contributed by atoms with E-state index in [1.807, 2.05) is 0 Å². The minimum atomic E-state index is -4.47. The molecule has 0 aromatic carbocycles. The maximum atomic E-state index is 12.3. The molecule has 1 aromatic rings. The first kappa shape index (κ1) is 13.8. The van der Waals surface area contributed by atoms with Gasteiger partial charge in [0.1, 0.15) is 5.69 Å². The summed E-state index contributed by atoms with van der Waals surface area (Å²) in [6.07, 6.45) is 1.69. The van der Waals surface area contributed by atoms with Crippen LogP contribution in [-0.2, 0) is 6.18 Å². The van der Waals surface area contributed by atoms with Gasteiger partial charge in [0.25, 0.3) is 5.91 Å².